The van der Waals surface area contributed by atoms with E-state index in [-0.39, 0.29) is 10.8 Å². The van der Waals surface area contributed by atoms with Crippen LogP contribution in [0.5, 0.6) is 5.75 Å². The Bertz CT molecular complexity index is 1920. The number of rotatable bonds is 7. The second-order valence-electron chi connectivity index (χ2n) is 14.5. The van der Waals surface area contributed by atoms with Gasteiger partial charge in [0.05, 0.1) is 18.5 Å². The monoisotopic (exact) mass is 693 g/mol. The zero-order chi connectivity index (χ0) is 34.1. The third-order valence-electron chi connectivity index (χ3n) is 8.96. The topological polar surface area (TPSA) is 12.5 Å². The molecule has 0 aliphatic carbocycles. The summed E-state index contributed by atoms with van der Waals surface area (Å²) in [5.41, 5.74) is 12.8. The number of anilines is 3. The summed E-state index contributed by atoms with van der Waals surface area (Å²) in [7, 11) is 1.74. The Kier molecular flexibility index (Phi) is 9.36. The van der Waals surface area contributed by atoms with Crippen LogP contribution in [0.3, 0.4) is 0 Å². The van der Waals surface area contributed by atoms with Gasteiger partial charge in [-0.25, -0.2) is 0 Å². The van der Waals surface area contributed by atoms with Crippen LogP contribution in [0, 0.1) is 0 Å². The number of para-hydroxylation sites is 1. The van der Waals surface area contributed by atoms with Gasteiger partial charge in [0.2, 0.25) is 0 Å². The van der Waals surface area contributed by atoms with Crippen LogP contribution in [0.15, 0.2) is 144 Å². The molecule has 0 aliphatic heterocycles. The first kappa shape index (κ1) is 33.3. The van der Waals surface area contributed by atoms with Crippen molar-refractivity contribution < 1.29 is 4.74 Å². The van der Waals surface area contributed by atoms with Gasteiger partial charge in [-0.3, -0.25) is 0 Å². The summed E-state index contributed by atoms with van der Waals surface area (Å²) in [6, 6.07) is 50.5. The maximum absolute atomic E-state index is 5.94. The molecule has 0 spiro atoms. The smallest absolute Gasteiger partial charge is 0.121 e. The summed E-state index contributed by atoms with van der Waals surface area (Å²) in [5, 5.41) is 0. The maximum atomic E-state index is 5.94. The predicted octanol–water partition coefficient (Wildman–Crippen LogP) is 13.5. The molecule has 0 radical (unpaired) electrons. The first-order chi connectivity index (χ1) is 22.9. The van der Waals surface area contributed by atoms with Gasteiger partial charge < -0.3 is 9.64 Å². The number of benzene rings is 6. The molecule has 0 saturated heterocycles. The quantitative estimate of drug-likeness (QED) is 0.165. The zero-order valence-corrected chi connectivity index (χ0v) is 30.6. The molecule has 0 bridgehead atoms. The van der Waals surface area contributed by atoms with Crippen LogP contribution in [0.4, 0.5) is 17.1 Å². The number of halogens is 1. The van der Waals surface area contributed by atoms with E-state index >= 15 is 0 Å². The van der Waals surface area contributed by atoms with Crippen LogP contribution in [0.25, 0.3) is 33.4 Å². The minimum absolute atomic E-state index is 0.0654. The van der Waals surface area contributed by atoms with E-state index in [1.165, 1.54) is 22.3 Å². The van der Waals surface area contributed by atoms with Gasteiger partial charge in [-0.1, -0.05) is 155 Å². The Labute approximate surface area is 295 Å². The summed E-state index contributed by atoms with van der Waals surface area (Å²) in [6.45, 7) is 13.6. The van der Waals surface area contributed by atoms with Gasteiger partial charge >= 0.3 is 0 Å². The fourth-order valence-electron chi connectivity index (χ4n) is 6.17. The Hall–Kier alpha value is -4.60. The van der Waals surface area contributed by atoms with E-state index in [4.69, 9.17) is 4.74 Å². The normalized spacial score (nSPS) is 11.8. The van der Waals surface area contributed by atoms with E-state index in [1.54, 1.807) is 7.11 Å². The van der Waals surface area contributed by atoms with Crippen molar-refractivity contribution in [2.24, 2.45) is 0 Å². The lowest BCUT2D eigenvalue weighted by Gasteiger charge is -2.31. The molecule has 3 heteroatoms. The highest BCUT2D eigenvalue weighted by molar-refractivity contribution is 9.10. The highest BCUT2D eigenvalue weighted by Gasteiger charge is 2.24. The van der Waals surface area contributed by atoms with Gasteiger partial charge in [0.15, 0.2) is 0 Å². The van der Waals surface area contributed by atoms with Crippen LogP contribution in [-0.4, -0.2) is 7.11 Å². The van der Waals surface area contributed by atoms with E-state index < -0.39 is 0 Å². The molecule has 0 atom stereocenters. The van der Waals surface area contributed by atoms with E-state index in [1.807, 2.05) is 0 Å². The Balaban J connectivity index is 1.67. The van der Waals surface area contributed by atoms with Crippen molar-refractivity contribution >= 4 is 33.0 Å². The summed E-state index contributed by atoms with van der Waals surface area (Å²) >= 11 is 3.68. The summed E-state index contributed by atoms with van der Waals surface area (Å²) in [6.07, 6.45) is 0. The van der Waals surface area contributed by atoms with Crippen molar-refractivity contribution in [1.82, 2.24) is 0 Å². The molecule has 6 aromatic carbocycles. The maximum Gasteiger partial charge on any atom is 0.121 e. The minimum Gasteiger partial charge on any atom is -0.497 e. The highest BCUT2D eigenvalue weighted by Crippen LogP contribution is 2.48. The van der Waals surface area contributed by atoms with E-state index in [2.05, 4.69) is 202 Å². The van der Waals surface area contributed by atoms with Crippen LogP contribution in [0.2, 0.25) is 0 Å². The van der Waals surface area contributed by atoms with Crippen LogP contribution < -0.4 is 9.64 Å². The van der Waals surface area contributed by atoms with Crippen molar-refractivity contribution in [1.29, 1.82) is 0 Å². The van der Waals surface area contributed by atoms with Crippen molar-refractivity contribution in [2.75, 3.05) is 12.0 Å². The molecule has 0 heterocycles. The molecule has 0 unspecified atom stereocenters. The lowest BCUT2D eigenvalue weighted by atomic mass is 9.85. The van der Waals surface area contributed by atoms with Crippen LogP contribution >= 0.6 is 15.9 Å². The van der Waals surface area contributed by atoms with Crippen molar-refractivity contribution in [2.45, 2.75) is 52.4 Å². The largest absolute Gasteiger partial charge is 0.497 e. The lowest BCUT2D eigenvalue weighted by Crippen LogP contribution is -2.14. The number of hydrogen-bond acceptors (Lipinski definition) is 2. The molecule has 242 valence electrons. The van der Waals surface area contributed by atoms with Crippen molar-refractivity contribution in [3.8, 4) is 39.1 Å². The second-order valence-corrected chi connectivity index (χ2v) is 15.4. The van der Waals surface area contributed by atoms with Crippen LogP contribution in [0.1, 0.15) is 52.7 Å². The molecule has 0 aromatic heterocycles. The van der Waals surface area contributed by atoms with E-state index in [0.29, 0.717) is 0 Å². The Morgan fingerprint density at radius 2 is 1.00 bits per heavy atom. The summed E-state index contributed by atoms with van der Waals surface area (Å²) in [5.74, 6) is 0.802. The molecule has 2 nitrogen and oxygen atoms in total. The molecule has 6 aromatic rings. The number of ether oxygens (including phenoxy) is 1. The summed E-state index contributed by atoms with van der Waals surface area (Å²) < 4.78 is 6.98. The number of methoxy groups -OCH3 is 1. The molecule has 48 heavy (non-hydrogen) atoms. The molecule has 6 rings (SSSR count). The van der Waals surface area contributed by atoms with E-state index in [9.17, 15) is 0 Å². The SMILES string of the molecule is COc1cc(-c2ccccc2)cc(N(c2ccc(Br)cc2)c2c(-c3ccc(C(C)(C)C)cc3)cccc2-c2ccc(C(C)(C)C)cc2)c1. The van der Waals surface area contributed by atoms with Gasteiger partial charge in [-0.15, -0.1) is 0 Å². The standard InChI is InChI=1S/C45H44BrNO/c1-44(2,3)35-20-16-32(17-21-35)41-14-11-15-42(33-18-22-36(23-19-33)45(4,5)6)43(41)47(38-26-24-37(46)25-27-38)39-28-34(29-40(30-39)48-7)31-12-9-8-10-13-31/h8-30H,1-7H3. The third kappa shape index (κ3) is 7.12. The van der Waals surface area contributed by atoms with Gasteiger partial charge in [-0.2, -0.15) is 0 Å². The average Bonchev–Trinajstić information content (AvgIpc) is 3.09. The first-order valence-corrected chi connectivity index (χ1v) is 17.4. The molecule has 0 saturated carbocycles. The molecule has 0 amide bonds. The lowest BCUT2D eigenvalue weighted by molar-refractivity contribution is 0.415. The zero-order valence-electron chi connectivity index (χ0n) is 29.0. The second kappa shape index (κ2) is 13.5. The average molecular weight is 695 g/mol. The highest BCUT2D eigenvalue weighted by atomic mass is 79.9. The van der Waals surface area contributed by atoms with Crippen LogP contribution in [-0.2, 0) is 10.8 Å². The van der Waals surface area contributed by atoms with Gasteiger partial charge in [-0.05, 0) is 80.6 Å². The van der Waals surface area contributed by atoms with Gasteiger partial charge in [0.1, 0.15) is 5.75 Å². The fourth-order valence-corrected chi connectivity index (χ4v) is 6.44. The minimum atomic E-state index is 0.0654. The third-order valence-corrected chi connectivity index (χ3v) is 9.49. The molecular formula is C45H44BrNO. The number of hydrogen-bond donors (Lipinski definition) is 0. The van der Waals surface area contributed by atoms with E-state index in [0.717, 1.165) is 49.5 Å². The molecule has 0 aliphatic rings. The Morgan fingerprint density at radius 1 is 0.479 bits per heavy atom. The van der Waals surface area contributed by atoms with Gasteiger partial charge in [0, 0.05) is 27.4 Å². The fraction of sp³-hybridized carbons (Fsp3) is 0.200. The first-order valence-electron chi connectivity index (χ1n) is 16.6. The predicted molar refractivity (Wildman–Crippen MR) is 209 cm³/mol. The van der Waals surface area contributed by atoms with Crippen molar-refractivity contribution in [3.05, 3.63) is 155 Å². The molecule has 0 fully saturated rings. The molecular weight excluding hydrogens is 650 g/mol. The summed E-state index contributed by atoms with van der Waals surface area (Å²) in [4.78, 5) is 2.39. The van der Waals surface area contributed by atoms with Gasteiger partial charge in [0.25, 0.3) is 0 Å². The van der Waals surface area contributed by atoms with Crippen molar-refractivity contribution in [3.63, 3.8) is 0 Å². The number of nitrogens with zero attached hydrogens (tertiary/aromatic N) is 1. The Morgan fingerprint density at radius 3 is 1.48 bits per heavy atom. The molecule has 0 N–H and O–H groups in total.